The average Bonchev–Trinajstić information content (AvgIpc) is 2.90. The van der Waals surface area contributed by atoms with E-state index in [9.17, 15) is 0 Å². The number of aliphatic imine (C=N–C) groups is 1. The van der Waals surface area contributed by atoms with Gasteiger partial charge in [-0.15, -0.1) is 24.0 Å². The van der Waals surface area contributed by atoms with Crippen LogP contribution in [0.3, 0.4) is 0 Å². The lowest BCUT2D eigenvalue weighted by Crippen LogP contribution is -2.22. The van der Waals surface area contributed by atoms with Gasteiger partial charge in [-0.05, 0) is 46.0 Å². The fourth-order valence-corrected chi connectivity index (χ4v) is 2.38. The Morgan fingerprint density at radius 1 is 1.35 bits per heavy atom. The van der Waals surface area contributed by atoms with Crippen molar-refractivity contribution in [3.05, 3.63) is 52.2 Å². The first-order valence-corrected chi connectivity index (χ1v) is 7.27. The second kappa shape index (κ2) is 8.26. The fourth-order valence-electron chi connectivity index (χ4n) is 1.72. The molecule has 5 heteroatoms. The van der Waals surface area contributed by atoms with Crippen molar-refractivity contribution in [2.45, 2.75) is 26.3 Å². The smallest absolute Gasteiger partial charge is 0.193 e. The summed E-state index contributed by atoms with van der Waals surface area (Å²) in [6.45, 7) is 4.96. The summed E-state index contributed by atoms with van der Waals surface area (Å²) in [7, 11) is 0. The minimum absolute atomic E-state index is 0. The molecule has 0 aliphatic heterocycles. The maximum Gasteiger partial charge on any atom is 0.193 e. The predicted molar refractivity (Wildman–Crippen MR) is 99.2 cm³/mol. The van der Waals surface area contributed by atoms with Crippen LogP contribution in [0.5, 0.6) is 0 Å². The quantitative estimate of drug-likeness (QED) is 0.453. The molecular weight excluding hydrogens is 381 g/mol. The minimum atomic E-state index is 0. The van der Waals surface area contributed by atoms with Gasteiger partial charge in [0.05, 0.1) is 6.54 Å². The van der Waals surface area contributed by atoms with E-state index in [2.05, 4.69) is 47.7 Å². The molecule has 20 heavy (non-hydrogen) atoms. The number of guanidine groups is 1. The zero-order valence-electron chi connectivity index (χ0n) is 11.7. The third kappa shape index (κ3) is 5.13. The SMILES string of the molecule is CC(C)c1cccc(NC(N)=NCc2ccsc2)c1.I. The number of hydrogen-bond acceptors (Lipinski definition) is 2. The maximum absolute atomic E-state index is 5.89. The van der Waals surface area contributed by atoms with Crippen LogP contribution in [0.4, 0.5) is 5.69 Å². The number of rotatable bonds is 4. The molecule has 2 rings (SSSR count). The Morgan fingerprint density at radius 3 is 2.80 bits per heavy atom. The highest BCUT2D eigenvalue weighted by Gasteiger charge is 2.01. The van der Waals surface area contributed by atoms with E-state index < -0.39 is 0 Å². The van der Waals surface area contributed by atoms with Crippen LogP contribution in [0.1, 0.15) is 30.9 Å². The normalized spacial score (nSPS) is 11.2. The molecule has 3 N–H and O–H groups in total. The Kier molecular flexibility index (Phi) is 7.01. The highest BCUT2D eigenvalue weighted by molar-refractivity contribution is 14.0. The number of nitrogens with one attached hydrogen (secondary N) is 1. The summed E-state index contributed by atoms with van der Waals surface area (Å²) >= 11 is 1.67. The van der Waals surface area contributed by atoms with E-state index >= 15 is 0 Å². The number of halogens is 1. The second-order valence-electron chi connectivity index (χ2n) is 4.74. The molecule has 0 unspecified atom stereocenters. The van der Waals surface area contributed by atoms with Gasteiger partial charge < -0.3 is 11.1 Å². The van der Waals surface area contributed by atoms with Crippen LogP contribution < -0.4 is 11.1 Å². The molecule has 0 saturated heterocycles. The first-order chi connectivity index (χ1) is 9.15. The monoisotopic (exact) mass is 401 g/mol. The van der Waals surface area contributed by atoms with Crippen molar-refractivity contribution >= 4 is 47.0 Å². The number of nitrogens with two attached hydrogens (primary N) is 1. The molecule has 0 aliphatic carbocycles. The van der Waals surface area contributed by atoms with Crippen molar-refractivity contribution in [2.24, 2.45) is 10.7 Å². The van der Waals surface area contributed by atoms with Crippen molar-refractivity contribution in [1.29, 1.82) is 0 Å². The van der Waals surface area contributed by atoms with Gasteiger partial charge in [-0.1, -0.05) is 26.0 Å². The molecule has 108 valence electrons. The largest absolute Gasteiger partial charge is 0.370 e. The first-order valence-electron chi connectivity index (χ1n) is 6.33. The van der Waals surface area contributed by atoms with Gasteiger partial charge in [-0.2, -0.15) is 11.3 Å². The lowest BCUT2D eigenvalue weighted by Gasteiger charge is -2.09. The van der Waals surface area contributed by atoms with Crippen LogP contribution in [0.2, 0.25) is 0 Å². The van der Waals surface area contributed by atoms with Gasteiger partial charge in [-0.3, -0.25) is 0 Å². The number of nitrogens with zero attached hydrogens (tertiary/aromatic N) is 1. The van der Waals surface area contributed by atoms with Gasteiger partial charge in [0.1, 0.15) is 0 Å². The van der Waals surface area contributed by atoms with Gasteiger partial charge >= 0.3 is 0 Å². The lowest BCUT2D eigenvalue weighted by molar-refractivity contribution is 0.867. The molecule has 0 amide bonds. The van der Waals surface area contributed by atoms with E-state index in [0.29, 0.717) is 18.4 Å². The molecule has 0 aliphatic rings. The molecule has 2 aromatic rings. The van der Waals surface area contributed by atoms with E-state index in [-0.39, 0.29) is 24.0 Å². The molecule has 0 radical (unpaired) electrons. The van der Waals surface area contributed by atoms with Gasteiger partial charge in [0.15, 0.2) is 5.96 Å². The molecule has 1 aromatic heterocycles. The summed E-state index contributed by atoms with van der Waals surface area (Å²) in [4.78, 5) is 4.33. The molecule has 1 aromatic carbocycles. The maximum atomic E-state index is 5.89. The second-order valence-corrected chi connectivity index (χ2v) is 5.52. The van der Waals surface area contributed by atoms with Gasteiger partial charge in [-0.25, -0.2) is 4.99 Å². The third-order valence-electron chi connectivity index (χ3n) is 2.84. The van der Waals surface area contributed by atoms with E-state index in [1.807, 2.05) is 17.5 Å². The number of benzene rings is 1. The Morgan fingerprint density at radius 2 is 2.15 bits per heavy atom. The van der Waals surface area contributed by atoms with Gasteiger partial charge in [0.2, 0.25) is 0 Å². The summed E-state index contributed by atoms with van der Waals surface area (Å²) in [6.07, 6.45) is 0. The molecular formula is C15H20IN3S. The summed E-state index contributed by atoms with van der Waals surface area (Å²) in [5.41, 5.74) is 9.35. The molecule has 0 bridgehead atoms. The Hall–Kier alpha value is -1.08. The highest BCUT2D eigenvalue weighted by Crippen LogP contribution is 2.18. The summed E-state index contributed by atoms with van der Waals surface area (Å²) in [5, 5.41) is 7.25. The average molecular weight is 401 g/mol. The zero-order valence-corrected chi connectivity index (χ0v) is 14.8. The number of anilines is 1. The van der Waals surface area contributed by atoms with Crippen LogP contribution in [0, 0.1) is 0 Å². The van der Waals surface area contributed by atoms with E-state index in [0.717, 1.165) is 5.69 Å². The Balaban J connectivity index is 0.00000200. The standard InChI is InChI=1S/C15H19N3S.HI/c1-11(2)13-4-3-5-14(8-13)18-15(16)17-9-12-6-7-19-10-12;/h3-8,10-11H,9H2,1-2H3,(H3,16,17,18);1H. The van der Waals surface area contributed by atoms with Crippen LogP contribution in [0.15, 0.2) is 46.1 Å². The Bertz CT molecular complexity index is 550. The summed E-state index contributed by atoms with van der Waals surface area (Å²) in [6, 6.07) is 10.3. The van der Waals surface area contributed by atoms with Crippen molar-refractivity contribution in [3.8, 4) is 0 Å². The molecule has 3 nitrogen and oxygen atoms in total. The first kappa shape index (κ1) is 17.0. The zero-order chi connectivity index (χ0) is 13.7. The highest BCUT2D eigenvalue weighted by atomic mass is 127. The van der Waals surface area contributed by atoms with Crippen molar-refractivity contribution in [2.75, 3.05) is 5.32 Å². The molecule has 0 spiro atoms. The van der Waals surface area contributed by atoms with Gasteiger partial charge in [0.25, 0.3) is 0 Å². The number of thiophene rings is 1. The lowest BCUT2D eigenvalue weighted by atomic mass is 10.0. The van der Waals surface area contributed by atoms with E-state index in [1.54, 1.807) is 11.3 Å². The molecule has 0 saturated carbocycles. The minimum Gasteiger partial charge on any atom is -0.370 e. The summed E-state index contributed by atoms with van der Waals surface area (Å²) < 4.78 is 0. The molecule has 0 atom stereocenters. The van der Waals surface area contributed by atoms with E-state index in [1.165, 1.54) is 11.1 Å². The van der Waals surface area contributed by atoms with Crippen molar-refractivity contribution in [3.63, 3.8) is 0 Å². The van der Waals surface area contributed by atoms with Crippen LogP contribution >= 0.6 is 35.3 Å². The van der Waals surface area contributed by atoms with Crippen LogP contribution in [0.25, 0.3) is 0 Å². The van der Waals surface area contributed by atoms with Crippen molar-refractivity contribution < 1.29 is 0 Å². The Labute approximate surface area is 141 Å². The van der Waals surface area contributed by atoms with Crippen LogP contribution in [-0.4, -0.2) is 5.96 Å². The molecule has 0 fully saturated rings. The summed E-state index contributed by atoms with van der Waals surface area (Å²) in [5.74, 6) is 0.956. The third-order valence-corrected chi connectivity index (χ3v) is 3.57. The molecule has 1 heterocycles. The van der Waals surface area contributed by atoms with Crippen LogP contribution in [-0.2, 0) is 6.54 Å². The van der Waals surface area contributed by atoms with Crippen molar-refractivity contribution in [1.82, 2.24) is 0 Å². The van der Waals surface area contributed by atoms with E-state index in [4.69, 9.17) is 5.73 Å². The van der Waals surface area contributed by atoms with Gasteiger partial charge in [0, 0.05) is 5.69 Å². The fraction of sp³-hybridized carbons (Fsp3) is 0.267. The topological polar surface area (TPSA) is 50.4 Å². The predicted octanol–water partition coefficient (Wildman–Crippen LogP) is 4.42. The number of hydrogen-bond donors (Lipinski definition) is 2.